The van der Waals surface area contributed by atoms with Crippen molar-refractivity contribution in [3.63, 3.8) is 0 Å². The Kier molecular flexibility index (Phi) is 9.56. The number of aliphatic imine (C=N–C) groups is 1. The summed E-state index contributed by atoms with van der Waals surface area (Å²) >= 11 is 0. The van der Waals surface area contributed by atoms with E-state index in [9.17, 15) is 18.4 Å². The van der Waals surface area contributed by atoms with Gasteiger partial charge in [-0.2, -0.15) is 13.8 Å². The van der Waals surface area contributed by atoms with Crippen molar-refractivity contribution >= 4 is 17.6 Å². The summed E-state index contributed by atoms with van der Waals surface area (Å²) < 4.78 is 40.8. The molecule has 0 aliphatic carbocycles. The maximum absolute atomic E-state index is 12.8. The van der Waals surface area contributed by atoms with Crippen LogP contribution in [0.4, 0.5) is 8.78 Å². The zero-order valence-electron chi connectivity index (χ0n) is 20.9. The van der Waals surface area contributed by atoms with Crippen LogP contribution in [-0.2, 0) is 4.74 Å². The van der Waals surface area contributed by atoms with Crippen LogP contribution in [0.1, 0.15) is 39.6 Å². The fourth-order valence-electron chi connectivity index (χ4n) is 3.41. The van der Waals surface area contributed by atoms with Crippen LogP contribution in [0.15, 0.2) is 53.7 Å². The molecule has 11 heteroatoms. The van der Waals surface area contributed by atoms with Gasteiger partial charge in [-0.05, 0) is 68.4 Å². The Morgan fingerprint density at radius 3 is 2.51 bits per heavy atom. The molecule has 0 unspecified atom stereocenters. The van der Waals surface area contributed by atoms with E-state index in [1.807, 2.05) is 0 Å². The van der Waals surface area contributed by atoms with Crippen LogP contribution in [0.3, 0.4) is 0 Å². The van der Waals surface area contributed by atoms with Gasteiger partial charge in [-0.15, -0.1) is 0 Å². The van der Waals surface area contributed by atoms with E-state index < -0.39 is 18.6 Å². The lowest BCUT2D eigenvalue weighted by atomic mass is 10.1. The SMILES string of the molecule is CN/C=C\C(N)=NC(=O)c1cc(Oc2ccc(C(=O)N3CCC3)cc2C)cc(O[C@@H](C)COC(F)F)c1. The monoisotopic (exact) mass is 516 g/mol. The number of benzene rings is 2. The van der Waals surface area contributed by atoms with Gasteiger partial charge in [0.05, 0.1) is 6.61 Å². The van der Waals surface area contributed by atoms with Crippen molar-refractivity contribution in [1.29, 1.82) is 0 Å². The highest BCUT2D eigenvalue weighted by atomic mass is 19.3. The number of alkyl halides is 2. The van der Waals surface area contributed by atoms with E-state index >= 15 is 0 Å². The van der Waals surface area contributed by atoms with Gasteiger partial charge in [0.15, 0.2) is 0 Å². The quantitative estimate of drug-likeness (QED) is 0.344. The van der Waals surface area contributed by atoms with Crippen LogP contribution in [-0.4, -0.2) is 62.0 Å². The molecule has 1 saturated heterocycles. The minimum absolute atomic E-state index is 0.0230. The number of rotatable bonds is 11. The molecule has 1 aliphatic rings. The summed E-state index contributed by atoms with van der Waals surface area (Å²) in [5.74, 6) is 0.180. The summed E-state index contributed by atoms with van der Waals surface area (Å²) in [5.41, 5.74) is 7.14. The predicted octanol–water partition coefficient (Wildman–Crippen LogP) is 3.87. The standard InChI is InChI=1S/C26H30F2N4O5/c1-16-11-18(25(34)32-9-4-10-32)5-6-22(16)37-21-13-19(24(33)31-23(29)7-8-30-3)12-20(14-21)36-17(2)15-35-26(27)28/h5-8,11-14,17,26,30H,4,9-10,15H2,1-3H3,(H2,29,31,33)/b8-7-/t17-/m0/s1. The largest absolute Gasteiger partial charge is 0.488 e. The summed E-state index contributed by atoms with van der Waals surface area (Å²) in [7, 11) is 1.67. The fraction of sp³-hybridized carbons (Fsp3) is 0.346. The highest BCUT2D eigenvalue weighted by Gasteiger charge is 2.22. The fourth-order valence-corrected chi connectivity index (χ4v) is 3.41. The van der Waals surface area contributed by atoms with Crippen molar-refractivity contribution in [3.8, 4) is 17.2 Å². The van der Waals surface area contributed by atoms with Crippen molar-refractivity contribution in [1.82, 2.24) is 10.2 Å². The van der Waals surface area contributed by atoms with Gasteiger partial charge in [-0.3, -0.25) is 9.59 Å². The van der Waals surface area contributed by atoms with Crippen molar-refractivity contribution in [2.75, 3.05) is 26.7 Å². The maximum Gasteiger partial charge on any atom is 0.345 e. The summed E-state index contributed by atoms with van der Waals surface area (Å²) in [4.78, 5) is 30.9. The lowest BCUT2D eigenvalue weighted by Crippen LogP contribution is -2.42. The van der Waals surface area contributed by atoms with Gasteiger partial charge < -0.3 is 30.2 Å². The minimum atomic E-state index is -2.93. The molecule has 3 N–H and O–H groups in total. The number of likely N-dealkylation sites (tertiary alicyclic amines) is 1. The van der Waals surface area contributed by atoms with E-state index in [0.29, 0.717) is 16.9 Å². The Bertz CT molecular complexity index is 1180. The number of amides is 2. The van der Waals surface area contributed by atoms with Gasteiger partial charge in [-0.1, -0.05) is 0 Å². The lowest BCUT2D eigenvalue weighted by molar-refractivity contribution is -0.142. The zero-order valence-corrected chi connectivity index (χ0v) is 20.9. The number of nitrogens with one attached hydrogen (secondary N) is 1. The first-order valence-corrected chi connectivity index (χ1v) is 11.7. The number of amidine groups is 1. The predicted molar refractivity (Wildman–Crippen MR) is 134 cm³/mol. The summed E-state index contributed by atoms with van der Waals surface area (Å²) in [5, 5.41) is 2.75. The zero-order chi connectivity index (χ0) is 26.9. The number of nitrogens with zero attached hydrogens (tertiary/aromatic N) is 2. The summed E-state index contributed by atoms with van der Waals surface area (Å²) in [6.07, 6.45) is 3.20. The van der Waals surface area contributed by atoms with Gasteiger partial charge in [0.1, 0.15) is 29.2 Å². The van der Waals surface area contributed by atoms with E-state index in [2.05, 4.69) is 15.0 Å². The van der Waals surface area contributed by atoms with Crippen LogP contribution < -0.4 is 20.5 Å². The van der Waals surface area contributed by atoms with Gasteiger partial charge in [0.2, 0.25) is 0 Å². The summed E-state index contributed by atoms with van der Waals surface area (Å²) in [6, 6.07) is 9.49. The first kappa shape index (κ1) is 27.6. The smallest absolute Gasteiger partial charge is 0.345 e. The molecule has 0 saturated carbocycles. The summed E-state index contributed by atoms with van der Waals surface area (Å²) in [6.45, 7) is 1.55. The van der Waals surface area contributed by atoms with Crippen LogP contribution in [0.25, 0.3) is 0 Å². The number of ether oxygens (including phenoxy) is 3. The second-order valence-electron chi connectivity index (χ2n) is 8.41. The molecular weight excluding hydrogens is 486 g/mol. The van der Waals surface area contributed by atoms with Crippen LogP contribution in [0.2, 0.25) is 0 Å². The number of halogens is 2. The van der Waals surface area contributed by atoms with Crippen molar-refractivity contribution < 1.29 is 32.6 Å². The van der Waals surface area contributed by atoms with Crippen LogP contribution in [0.5, 0.6) is 17.2 Å². The van der Waals surface area contributed by atoms with Gasteiger partial charge >= 0.3 is 6.61 Å². The Hall–Kier alpha value is -3.99. The van der Waals surface area contributed by atoms with E-state index in [1.165, 1.54) is 30.5 Å². The molecule has 0 aromatic heterocycles. The Balaban J connectivity index is 1.87. The average molecular weight is 517 g/mol. The molecule has 2 aromatic rings. The topological polar surface area (TPSA) is 115 Å². The van der Waals surface area contributed by atoms with Gasteiger partial charge in [0, 0.05) is 37.3 Å². The minimum Gasteiger partial charge on any atom is -0.488 e. The lowest BCUT2D eigenvalue weighted by Gasteiger charge is -2.31. The molecule has 1 aliphatic heterocycles. The third-order valence-electron chi connectivity index (χ3n) is 5.37. The molecular formula is C26H30F2N4O5. The molecule has 0 radical (unpaired) electrons. The number of carbonyl (C=O) groups excluding carboxylic acids is 2. The van der Waals surface area contributed by atoms with Crippen LogP contribution in [0, 0.1) is 6.92 Å². The highest BCUT2D eigenvalue weighted by Crippen LogP contribution is 2.31. The first-order valence-electron chi connectivity index (χ1n) is 11.7. The number of nitrogens with two attached hydrogens (primary N) is 1. The molecule has 37 heavy (non-hydrogen) atoms. The highest BCUT2D eigenvalue weighted by molar-refractivity contribution is 6.06. The number of carbonyl (C=O) groups is 2. The Morgan fingerprint density at radius 1 is 1.16 bits per heavy atom. The molecule has 3 rings (SSSR count). The van der Waals surface area contributed by atoms with E-state index in [1.54, 1.807) is 44.0 Å². The second kappa shape index (κ2) is 12.8. The van der Waals surface area contributed by atoms with Crippen molar-refractivity contribution in [3.05, 3.63) is 65.4 Å². The number of aryl methyl sites for hydroxylation is 1. The number of hydrogen-bond donors (Lipinski definition) is 2. The van der Waals surface area contributed by atoms with E-state index in [-0.39, 0.29) is 35.4 Å². The average Bonchev–Trinajstić information content (AvgIpc) is 2.81. The third-order valence-corrected chi connectivity index (χ3v) is 5.37. The molecule has 198 valence electrons. The molecule has 1 atom stereocenters. The van der Waals surface area contributed by atoms with E-state index in [4.69, 9.17) is 15.2 Å². The van der Waals surface area contributed by atoms with Gasteiger partial charge in [0.25, 0.3) is 11.8 Å². The van der Waals surface area contributed by atoms with Gasteiger partial charge in [-0.25, -0.2) is 0 Å². The normalized spacial score (nSPS) is 14.4. The molecule has 0 bridgehead atoms. The van der Waals surface area contributed by atoms with Crippen LogP contribution >= 0.6 is 0 Å². The molecule has 0 spiro atoms. The Morgan fingerprint density at radius 2 is 1.89 bits per heavy atom. The molecule has 2 amide bonds. The maximum atomic E-state index is 12.8. The molecule has 9 nitrogen and oxygen atoms in total. The first-order chi connectivity index (χ1) is 17.7. The molecule has 1 heterocycles. The van der Waals surface area contributed by atoms with E-state index in [0.717, 1.165) is 19.5 Å². The van der Waals surface area contributed by atoms with Crippen molar-refractivity contribution in [2.24, 2.45) is 10.7 Å². The number of hydrogen-bond acceptors (Lipinski definition) is 6. The molecule has 1 fully saturated rings. The second-order valence-corrected chi connectivity index (χ2v) is 8.41. The molecule has 2 aromatic carbocycles. The third kappa shape index (κ3) is 8.01. The van der Waals surface area contributed by atoms with Crippen molar-refractivity contribution in [2.45, 2.75) is 33.0 Å². The Labute approximate surface area is 213 Å².